The van der Waals surface area contributed by atoms with E-state index in [0.29, 0.717) is 5.56 Å². The number of halogens is 3. The molecule has 0 N–H and O–H groups in total. The van der Waals surface area contributed by atoms with Crippen LogP contribution < -0.4 is 0 Å². The van der Waals surface area contributed by atoms with Crippen LogP contribution in [0.25, 0.3) is 0 Å². The molecular weight excluding hydrogens is 225 g/mol. The maximum absolute atomic E-state index is 11.9. The molecule has 0 radical (unpaired) electrons. The van der Waals surface area contributed by atoms with E-state index >= 15 is 0 Å². The minimum Gasteiger partial charge on any atom is -0.295 e. The molecule has 0 spiro atoms. The molecule has 0 aromatic heterocycles. The Bertz CT molecular complexity index is 310. The molecule has 1 aromatic rings. The van der Waals surface area contributed by atoms with Crippen molar-refractivity contribution >= 4 is 12.0 Å². The van der Waals surface area contributed by atoms with E-state index in [0.717, 1.165) is 0 Å². The average molecular weight is 234 g/mol. The average Bonchev–Trinajstić information content (AvgIpc) is 2.19. The molecule has 1 atom stereocenters. The summed E-state index contributed by atoms with van der Waals surface area (Å²) in [6.07, 6.45) is 0.575. The lowest BCUT2D eigenvalue weighted by Gasteiger charge is -2.13. The van der Waals surface area contributed by atoms with Crippen molar-refractivity contribution in [3.63, 3.8) is 0 Å². The topological polar surface area (TPSA) is 9.23 Å². The third kappa shape index (κ3) is 4.40. The molecule has 1 nitrogen and oxygen atoms in total. The molecule has 82 valence electrons. The largest absolute Gasteiger partial charge is 0.468 e. The molecule has 0 heterocycles. The molecule has 0 bridgehead atoms. The van der Waals surface area contributed by atoms with E-state index in [1.807, 2.05) is 0 Å². The normalized spacial score (nSPS) is 13.5. The summed E-state index contributed by atoms with van der Waals surface area (Å²) in [6.45, 7) is 3.43. The third-order valence-corrected chi connectivity index (χ3v) is 2.08. The second-order valence-corrected chi connectivity index (χ2v) is 3.51. The Kier molecular flexibility index (Phi) is 4.23. The Morgan fingerprint density at radius 1 is 1.27 bits per heavy atom. The summed E-state index contributed by atoms with van der Waals surface area (Å²) in [5.74, 6) is 0. The predicted molar refractivity (Wildman–Crippen MR) is 54.1 cm³/mol. The van der Waals surface area contributed by atoms with Gasteiger partial charge in [-0.05, 0) is 5.56 Å². The first kappa shape index (κ1) is 12.1. The third-order valence-electron chi connectivity index (χ3n) is 1.59. The summed E-state index contributed by atoms with van der Waals surface area (Å²) in [5.41, 5.74) is -3.75. The zero-order valence-corrected chi connectivity index (χ0v) is 8.52. The smallest absolute Gasteiger partial charge is 0.295 e. The molecule has 0 aliphatic heterocycles. The predicted octanol–water partition coefficient (Wildman–Crippen LogP) is 4.10. The second kappa shape index (κ2) is 5.23. The molecule has 5 heteroatoms. The molecule has 1 rings (SSSR count). The van der Waals surface area contributed by atoms with E-state index in [1.165, 1.54) is 6.08 Å². The van der Waals surface area contributed by atoms with E-state index in [9.17, 15) is 13.2 Å². The van der Waals surface area contributed by atoms with E-state index < -0.39 is 23.7 Å². The van der Waals surface area contributed by atoms with Crippen LogP contribution in [0.5, 0.6) is 0 Å². The van der Waals surface area contributed by atoms with Gasteiger partial charge in [0.25, 0.3) is 0 Å². The summed E-state index contributed by atoms with van der Waals surface area (Å²) < 4.78 is 40.2. The van der Waals surface area contributed by atoms with Crippen LogP contribution in [-0.4, -0.2) is 5.51 Å². The summed E-state index contributed by atoms with van der Waals surface area (Å²) in [6, 6.07) is 8.61. The van der Waals surface area contributed by atoms with Crippen LogP contribution in [0.15, 0.2) is 43.0 Å². The minimum absolute atomic E-state index is 0.510. The summed E-state index contributed by atoms with van der Waals surface area (Å²) in [4.78, 5) is 0. The van der Waals surface area contributed by atoms with Crippen molar-refractivity contribution in [2.45, 2.75) is 11.6 Å². The van der Waals surface area contributed by atoms with Gasteiger partial charge in [0.1, 0.15) is 18.1 Å². The lowest BCUT2D eigenvalue weighted by Crippen LogP contribution is -2.04. The van der Waals surface area contributed by atoms with Crippen molar-refractivity contribution in [1.29, 1.82) is 0 Å². The van der Waals surface area contributed by atoms with Gasteiger partial charge in [0.2, 0.25) is 0 Å². The highest BCUT2D eigenvalue weighted by Gasteiger charge is 2.31. The zero-order chi connectivity index (χ0) is 11.3. The van der Waals surface area contributed by atoms with Crippen molar-refractivity contribution in [2.24, 2.45) is 0 Å². The molecule has 0 saturated carbocycles. The maximum Gasteiger partial charge on any atom is 0.468 e. The number of rotatable bonds is 4. The zero-order valence-electron chi connectivity index (χ0n) is 7.70. The van der Waals surface area contributed by atoms with Crippen LogP contribution in [0.1, 0.15) is 11.7 Å². The molecule has 1 aromatic carbocycles. The first-order valence-corrected chi connectivity index (χ1v) is 4.86. The molecule has 0 fully saturated rings. The first-order chi connectivity index (χ1) is 7.03. The van der Waals surface area contributed by atoms with Crippen molar-refractivity contribution in [3.8, 4) is 0 Å². The SMILES string of the molecule is C=CC(OSC(F)(F)F)c1ccccc1. The van der Waals surface area contributed by atoms with E-state index in [2.05, 4.69) is 10.8 Å². The Morgan fingerprint density at radius 3 is 2.33 bits per heavy atom. The van der Waals surface area contributed by atoms with Gasteiger partial charge in [-0.2, -0.15) is 13.2 Å². The monoisotopic (exact) mass is 234 g/mol. The van der Waals surface area contributed by atoms with Crippen molar-refractivity contribution in [3.05, 3.63) is 48.6 Å². The standard InChI is InChI=1S/C10H9F3OS/c1-2-9(14-15-10(11,12)13)8-6-4-3-5-7-8/h2-7,9H,1H2. The minimum atomic E-state index is -4.39. The van der Waals surface area contributed by atoms with E-state index in [1.54, 1.807) is 30.3 Å². The van der Waals surface area contributed by atoms with Crippen LogP contribution in [0, 0.1) is 0 Å². The van der Waals surface area contributed by atoms with Crippen molar-refractivity contribution < 1.29 is 17.4 Å². The number of alkyl halides is 3. The van der Waals surface area contributed by atoms with Crippen LogP contribution in [-0.2, 0) is 4.18 Å². The number of hydrogen-bond donors (Lipinski definition) is 0. The number of hydrogen-bond acceptors (Lipinski definition) is 2. The molecule has 0 saturated heterocycles. The highest BCUT2D eigenvalue weighted by molar-refractivity contribution is 7.95. The first-order valence-electron chi connectivity index (χ1n) is 4.11. The molecule has 1 unspecified atom stereocenters. The highest BCUT2D eigenvalue weighted by atomic mass is 32.2. The Labute approximate surface area is 90.1 Å². The van der Waals surface area contributed by atoms with Crippen molar-refractivity contribution in [1.82, 2.24) is 0 Å². The van der Waals surface area contributed by atoms with Crippen molar-refractivity contribution in [2.75, 3.05) is 0 Å². The van der Waals surface area contributed by atoms with Gasteiger partial charge < -0.3 is 0 Å². The fourth-order valence-corrected chi connectivity index (χ4v) is 1.38. The quantitative estimate of drug-likeness (QED) is 0.573. The van der Waals surface area contributed by atoms with Gasteiger partial charge in [-0.1, -0.05) is 36.4 Å². The highest BCUT2D eigenvalue weighted by Crippen LogP contribution is 2.35. The molecule has 15 heavy (non-hydrogen) atoms. The second-order valence-electron chi connectivity index (χ2n) is 2.69. The van der Waals surface area contributed by atoms with Gasteiger partial charge in [-0.3, -0.25) is 4.18 Å². The van der Waals surface area contributed by atoms with Gasteiger partial charge in [0.15, 0.2) is 0 Å². The lowest BCUT2D eigenvalue weighted by atomic mass is 10.1. The van der Waals surface area contributed by atoms with E-state index in [4.69, 9.17) is 0 Å². The summed E-state index contributed by atoms with van der Waals surface area (Å²) in [7, 11) is 0. The van der Waals surface area contributed by atoms with E-state index in [-0.39, 0.29) is 0 Å². The van der Waals surface area contributed by atoms with Crippen LogP contribution in [0.3, 0.4) is 0 Å². The fraction of sp³-hybridized carbons (Fsp3) is 0.200. The van der Waals surface area contributed by atoms with Crippen LogP contribution in [0.2, 0.25) is 0 Å². The summed E-state index contributed by atoms with van der Waals surface area (Å²) >= 11 is -0.510. The summed E-state index contributed by atoms with van der Waals surface area (Å²) in [5, 5.41) is 0. The van der Waals surface area contributed by atoms with Gasteiger partial charge in [0, 0.05) is 0 Å². The van der Waals surface area contributed by atoms with Gasteiger partial charge in [-0.15, -0.1) is 6.58 Å². The van der Waals surface area contributed by atoms with Crippen LogP contribution in [0.4, 0.5) is 13.2 Å². The Morgan fingerprint density at radius 2 is 1.87 bits per heavy atom. The molecule has 0 amide bonds. The number of benzene rings is 1. The fourth-order valence-electron chi connectivity index (χ4n) is 0.980. The Hall–Kier alpha value is -0.940. The van der Waals surface area contributed by atoms with Crippen LogP contribution >= 0.6 is 12.0 Å². The van der Waals surface area contributed by atoms with Gasteiger partial charge >= 0.3 is 5.51 Å². The Balaban J connectivity index is 2.62. The molecule has 0 aliphatic rings. The molecular formula is C10H9F3OS. The lowest BCUT2D eigenvalue weighted by molar-refractivity contribution is -0.0409. The van der Waals surface area contributed by atoms with Gasteiger partial charge in [-0.25, -0.2) is 0 Å². The maximum atomic E-state index is 11.9. The van der Waals surface area contributed by atoms with Gasteiger partial charge in [0.05, 0.1) is 0 Å². The molecule has 0 aliphatic carbocycles.